The number of thiazole rings is 1. The molecule has 0 spiro atoms. The van der Waals surface area contributed by atoms with Crippen molar-refractivity contribution in [1.29, 1.82) is 0 Å². The van der Waals surface area contributed by atoms with Gasteiger partial charge in [0.2, 0.25) is 0 Å². The predicted molar refractivity (Wildman–Crippen MR) is 110 cm³/mol. The fourth-order valence-electron chi connectivity index (χ4n) is 2.87. The lowest BCUT2D eigenvalue weighted by Gasteiger charge is -2.14. The van der Waals surface area contributed by atoms with Crippen LogP contribution < -0.4 is 10.1 Å². The Morgan fingerprint density at radius 1 is 1.18 bits per heavy atom. The van der Waals surface area contributed by atoms with Crippen molar-refractivity contribution in [2.75, 3.05) is 18.5 Å². The second-order valence-electron chi connectivity index (χ2n) is 6.25. The number of hydrogen-bond acceptors (Lipinski definition) is 7. The van der Waals surface area contributed by atoms with E-state index in [9.17, 15) is 15.2 Å². The molecule has 1 aromatic heterocycles. The van der Waals surface area contributed by atoms with Crippen LogP contribution in [0, 0.1) is 10.1 Å². The number of aromatic nitrogens is 1. The summed E-state index contributed by atoms with van der Waals surface area (Å²) in [7, 11) is 0. The Morgan fingerprint density at radius 3 is 2.86 bits per heavy atom. The highest BCUT2D eigenvalue weighted by atomic mass is 32.1. The first-order valence-electron chi connectivity index (χ1n) is 8.67. The highest BCUT2D eigenvalue weighted by molar-refractivity contribution is 7.22. The zero-order valence-electron chi connectivity index (χ0n) is 14.7. The van der Waals surface area contributed by atoms with Crippen molar-refractivity contribution in [1.82, 2.24) is 4.98 Å². The third kappa shape index (κ3) is 3.88. The average molecular weight is 395 g/mol. The SMILES string of the molecule is O=[N+]([O-])c1ccc2nc(NCC(O)COc3cccc4ccccc34)sc2c1. The summed E-state index contributed by atoms with van der Waals surface area (Å²) < 4.78 is 6.51. The minimum absolute atomic E-state index is 0.0335. The van der Waals surface area contributed by atoms with Gasteiger partial charge in [-0.15, -0.1) is 0 Å². The number of fused-ring (bicyclic) bond motifs is 2. The molecule has 1 unspecified atom stereocenters. The number of benzene rings is 3. The second-order valence-corrected chi connectivity index (χ2v) is 7.28. The van der Waals surface area contributed by atoms with Crippen molar-refractivity contribution in [3.05, 3.63) is 70.8 Å². The van der Waals surface area contributed by atoms with Gasteiger partial charge in [0.25, 0.3) is 5.69 Å². The number of nitrogens with one attached hydrogen (secondary N) is 1. The van der Waals surface area contributed by atoms with Crippen molar-refractivity contribution in [3.63, 3.8) is 0 Å². The smallest absolute Gasteiger partial charge is 0.270 e. The molecule has 1 heterocycles. The van der Waals surface area contributed by atoms with E-state index in [0.29, 0.717) is 10.6 Å². The van der Waals surface area contributed by atoms with Gasteiger partial charge in [-0.3, -0.25) is 10.1 Å². The summed E-state index contributed by atoms with van der Waals surface area (Å²) in [5, 5.41) is 26.8. The van der Waals surface area contributed by atoms with E-state index in [1.807, 2.05) is 42.5 Å². The fourth-order valence-corrected chi connectivity index (χ4v) is 3.78. The summed E-state index contributed by atoms with van der Waals surface area (Å²) in [5.74, 6) is 0.726. The first-order valence-corrected chi connectivity index (χ1v) is 9.49. The lowest BCUT2D eigenvalue weighted by molar-refractivity contribution is -0.384. The zero-order chi connectivity index (χ0) is 19.5. The Hall–Kier alpha value is -3.23. The highest BCUT2D eigenvalue weighted by Gasteiger charge is 2.12. The molecule has 142 valence electrons. The summed E-state index contributed by atoms with van der Waals surface area (Å²) in [6.07, 6.45) is -0.736. The number of rotatable bonds is 7. The molecule has 28 heavy (non-hydrogen) atoms. The molecule has 0 saturated carbocycles. The number of nitro groups is 1. The molecule has 0 bridgehead atoms. The van der Waals surface area contributed by atoms with Gasteiger partial charge >= 0.3 is 0 Å². The fraction of sp³-hybridized carbons (Fsp3) is 0.150. The van der Waals surface area contributed by atoms with Crippen LogP contribution in [0.5, 0.6) is 5.75 Å². The summed E-state index contributed by atoms with van der Waals surface area (Å²) in [6, 6.07) is 18.3. The molecule has 4 aromatic rings. The number of non-ortho nitro benzene ring substituents is 1. The topological polar surface area (TPSA) is 97.5 Å². The molecule has 1 atom stereocenters. The number of nitrogens with zero attached hydrogens (tertiary/aromatic N) is 2. The van der Waals surface area contributed by atoms with Gasteiger partial charge in [0.15, 0.2) is 5.13 Å². The standard InChI is InChI=1S/C20H17N3O4S/c24-15(12-27-18-7-3-5-13-4-1-2-6-16(13)18)11-21-20-22-17-9-8-14(23(25)26)10-19(17)28-20/h1-10,15,24H,11-12H2,(H,21,22). The molecule has 0 amide bonds. The molecule has 0 fully saturated rings. The molecule has 0 aliphatic rings. The maximum absolute atomic E-state index is 10.9. The number of aliphatic hydroxyl groups is 1. The van der Waals surface area contributed by atoms with Crippen molar-refractivity contribution in [3.8, 4) is 5.75 Å². The molecule has 0 aliphatic carbocycles. The molecule has 4 rings (SSSR count). The van der Waals surface area contributed by atoms with Crippen LogP contribution in [-0.4, -0.2) is 34.3 Å². The van der Waals surface area contributed by atoms with Crippen molar-refractivity contribution >= 4 is 43.1 Å². The van der Waals surface area contributed by atoms with Crippen LogP contribution >= 0.6 is 11.3 Å². The first kappa shape index (κ1) is 18.1. The van der Waals surface area contributed by atoms with Crippen LogP contribution in [0.25, 0.3) is 21.0 Å². The molecule has 8 heteroatoms. The predicted octanol–water partition coefficient (Wildman–Crippen LogP) is 4.21. The van der Waals surface area contributed by atoms with Gasteiger partial charge in [-0.1, -0.05) is 47.7 Å². The van der Waals surface area contributed by atoms with Gasteiger partial charge in [0.05, 0.1) is 15.1 Å². The second kappa shape index (κ2) is 7.79. The van der Waals surface area contributed by atoms with Crippen LogP contribution in [0.4, 0.5) is 10.8 Å². The molecule has 2 N–H and O–H groups in total. The minimum Gasteiger partial charge on any atom is -0.490 e. The van der Waals surface area contributed by atoms with E-state index in [1.165, 1.54) is 23.5 Å². The number of hydrogen-bond donors (Lipinski definition) is 2. The normalized spacial score (nSPS) is 12.2. The van der Waals surface area contributed by atoms with Gasteiger partial charge in [-0.05, 0) is 17.5 Å². The summed E-state index contributed by atoms with van der Waals surface area (Å²) in [6.45, 7) is 0.393. The Balaban J connectivity index is 1.37. The molecular weight excluding hydrogens is 378 g/mol. The zero-order valence-corrected chi connectivity index (χ0v) is 15.6. The quantitative estimate of drug-likeness (QED) is 0.359. The lowest BCUT2D eigenvalue weighted by atomic mass is 10.1. The van der Waals surface area contributed by atoms with Crippen molar-refractivity contribution < 1.29 is 14.8 Å². The minimum atomic E-state index is -0.736. The summed E-state index contributed by atoms with van der Waals surface area (Å²) >= 11 is 1.31. The van der Waals surface area contributed by atoms with E-state index in [1.54, 1.807) is 6.07 Å². The molecule has 7 nitrogen and oxygen atoms in total. The number of anilines is 1. The van der Waals surface area contributed by atoms with Gasteiger partial charge in [0, 0.05) is 24.1 Å². The van der Waals surface area contributed by atoms with Crippen LogP contribution in [-0.2, 0) is 0 Å². The third-order valence-electron chi connectivity index (χ3n) is 4.25. The summed E-state index contributed by atoms with van der Waals surface area (Å²) in [4.78, 5) is 14.8. The number of ether oxygens (including phenoxy) is 1. The summed E-state index contributed by atoms with van der Waals surface area (Å²) in [5.41, 5.74) is 0.714. The Labute approximate surface area is 164 Å². The lowest BCUT2D eigenvalue weighted by Crippen LogP contribution is -2.26. The van der Waals surface area contributed by atoms with Crippen LogP contribution in [0.15, 0.2) is 60.7 Å². The number of nitro benzene ring substituents is 1. The Kier molecular flexibility index (Phi) is 5.05. The average Bonchev–Trinajstić information content (AvgIpc) is 3.12. The van der Waals surface area contributed by atoms with Gasteiger partial charge in [-0.25, -0.2) is 4.98 Å². The monoisotopic (exact) mass is 395 g/mol. The van der Waals surface area contributed by atoms with E-state index in [2.05, 4.69) is 10.3 Å². The van der Waals surface area contributed by atoms with Gasteiger partial charge < -0.3 is 15.2 Å². The van der Waals surface area contributed by atoms with E-state index >= 15 is 0 Å². The first-order chi connectivity index (χ1) is 13.6. The van der Waals surface area contributed by atoms with Gasteiger partial charge in [-0.2, -0.15) is 0 Å². The van der Waals surface area contributed by atoms with Crippen LogP contribution in [0.2, 0.25) is 0 Å². The van der Waals surface area contributed by atoms with E-state index < -0.39 is 11.0 Å². The van der Waals surface area contributed by atoms with Crippen molar-refractivity contribution in [2.24, 2.45) is 0 Å². The van der Waals surface area contributed by atoms with E-state index in [0.717, 1.165) is 21.2 Å². The van der Waals surface area contributed by atoms with Gasteiger partial charge in [0.1, 0.15) is 18.5 Å². The molecular formula is C20H17N3O4S. The molecule has 0 radical (unpaired) electrons. The molecule has 0 aliphatic heterocycles. The molecule has 3 aromatic carbocycles. The Bertz CT molecular complexity index is 1140. The van der Waals surface area contributed by atoms with E-state index in [4.69, 9.17) is 4.74 Å². The third-order valence-corrected chi connectivity index (χ3v) is 5.23. The van der Waals surface area contributed by atoms with E-state index in [-0.39, 0.29) is 18.8 Å². The van der Waals surface area contributed by atoms with Crippen LogP contribution in [0.1, 0.15) is 0 Å². The highest BCUT2D eigenvalue weighted by Crippen LogP contribution is 2.29. The maximum atomic E-state index is 10.9. The maximum Gasteiger partial charge on any atom is 0.270 e. The van der Waals surface area contributed by atoms with Crippen LogP contribution in [0.3, 0.4) is 0 Å². The Morgan fingerprint density at radius 2 is 2.00 bits per heavy atom. The van der Waals surface area contributed by atoms with Crippen molar-refractivity contribution in [2.45, 2.75) is 6.10 Å². The number of aliphatic hydroxyl groups excluding tert-OH is 1. The molecule has 0 saturated heterocycles. The largest absolute Gasteiger partial charge is 0.490 e.